The summed E-state index contributed by atoms with van der Waals surface area (Å²) >= 11 is 0. The van der Waals surface area contributed by atoms with Gasteiger partial charge in [-0.3, -0.25) is 4.90 Å². The minimum atomic E-state index is -1.17. The Balaban J connectivity index is 1.17. The molecule has 2 aromatic rings. The van der Waals surface area contributed by atoms with Crippen molar-refractivity contribution in [1.29, 1.82) is 0 Å². The molecule has 5 rings (SSSR count). The lowest BCUT2D eigenvalue weighted by Gasteiger charge is -2.40. The van der Waals surface area contributed by atoms with Crippen LogP contribution in [-0.2, 0) is 18.4 Å². The van der Waals surface area contributed by atoms with Crippen molar-refractivity contribution in [3.8, 4) is 5.75 Å². The van der Waals surface area contributed by atoms with Gasteiger partial charge in [-0.2, -0.15) is 0 Å². The van der Waals surface area contributed by atoms with Gasteiger partial charge in [-0.05, 0) is 67.4 Å². The smallest absolute Gasteiger partial charge is 0.122 e. The van der Waals surface area contributed by atoms with E-state index in [-0.39, 0.29) is 5.92 Å². The molecule has 3 aliphatic rings. The molecule has 2 heterocycles. The third-order valence-electron chi connectivity index (χ3n) is 8.30. The van der Waals surface area contributed by atoms with E-state index in [0.717, 1.165) is 95.6 Å². The van der Waals surface area contributed by atoms with Crippen molar-refractivity contribution in [3.05, 3.63) is 65.2 Å². The number of aliphatic hydroxyl groups is 2. The van der Waals surface area contributed by atoms with Gasteiger partial charge in [0.15, 0.2) is 0 Å². The van der Waals surface area contributed by atoms with E-state index in [4.69, 9.17) is 4.74 Å². The van der Waals surface area contributed by atoms with Gasteiger partial charge >= 0.3 is 0 Å². The highest BCUT2D eigenvalue weighted by Gasteiger charge is 2.46. The number of benzene rings is 2. The maximum absolute atomic E-state index is 11.9. The van der Waals surface area contributed by atoms with Crippen molar-refractivity contribution >= 4 is 0 Å². The summed E-state index contributed by atoms with van der Waals surface area (Å²) < 4.78 is 5.64. The summed E-state index contributed by atoms with van der Waals surface area (Å²) in [5, 5.41) is 23.3. The van der Waals surface area contributed by atoms with E-state index in [1.54, 1.807) is 0 Å². The average molecular weight is 465 g/mol. The second-order valence-corrected chi connectivity index (χ2v) is 10.5. The Hall–Kier alpha value is -1.92. The van der Waals surface area contributed by atoms with Gasteiger partial charge in [0, 0.05) is 32.6 Å². The highest BCUT2D eigenvalue weighted by atomic mass is 16.5. The summed E-state index contributed by atoms with van der Waals surface area (Å²) in [5.74, 6) is 1.19. The van der Waals surface area contributed by atoms with Crippen molar-refractivity contribution in [3.63, 3.8) is 0 Å². The molecule has 1 aliphatic carbocycles. The molecule has 1 saturated heterocycles. The molecule has 2 unspecified atom stereocenters. The molecule has 184 valence electrons. The van der Waals surface area contributed by atoms with Gasteiger partial charge in [-0.15, -0.1) is 0 Å². The highest BCUT2D eigenvalue weighted by Crippen LogP contribution is 2.43. The van der Waals surface area contributed by atoms with Crippen LogP contribution in [0.25, 0.3) is 0 Å². The summed E-state index contributed by atoms with van der Waals surface area (Å²) in [6.07, 6.45) is 6.67. The Labute approximate surface area is 204 Å². The first-order chi connectivity index (χ1) is 16.6. The molecule has 2 atom stereocenters. The number of nitrogens with zero attached hydrogens (tertiary/aromatic N) is 2. The number of β-amino-alcohol motifs (C(OH)–C–C–N with tert-alkyl or cyclic N) is 1. The van der Waals surface area contributed by atoms with Crippen molar-refractivity contribution in [2.75, 3.05) is 45.9 Å². The standard InChI is InChI=1S/C29H40N2O3/c32-28(29(33,26-9-4-5-10-26)25-7-2-1-3-8-25)22-31-16-6-15-30(18-19-31)17-13-23-11-12-27-24(21-23)14-20-34-27/h1-3,7-8,11-12,21,26,28,32-33H,4-6,9-10,13-20,22H2. The molecule has 1 saturated carbocycles. The largest absolute Gasteiger partial charge is 0.493 e. The zero-order chi connectivity index (χ0) is 23.4. The van der Waals surface area contributed by atoms with Crippen LogP contribution >= 0.6 is 0 Å². The fourth-order valence-electron chi connectivity index (χ4n) is 6.27. The fraction of sp³-hybridized carbons (Fsp3) is 0.586. The molecule has 2 N–H and O–H groups in total. The average Bonchev–Trinajstić information content (AvgIpc) is 3.53. The summed E-state index contributed by atoms with van der Waals surface area (Å²) in [4.78, 5) is 4.91. The third-order valence-corrected chi connectivity index (χ3v) is 8.30. The van der Waals surface area contributed by atoms with Gasteiger partial charge in [-0.1, -0.05) is 55.3 Å². The van der Waals surface area contributed by atoms with Crippen LogP contribution in [0.3, 0.4) is 0 Å². The maximum atomic E-state index is 11.9. The molecule has 2 fully saturated rings. The number of rotatable bonds is 8. The molecule has 2 aromatic carbocycles. The topological polar surface area (TPSA) is 56.2 Å². The molecule has 5 nitrogen and oxygen atoms in total. The lowest BCUT2D eigenvalue weighted by Crippen LogP contribution is -2.51. The van der Waals surface area contributed by atoms with Crippen LogP contribution in [0.15, 0.2) is 48.5 Å². The predicted octanol–water partition coefficient (Wildman–Crippen LogP) is 3.61. The minimum absolute atomic E-state index is 0.131. The Bertz CT molecular complexity index is 930. The molecule has 2 aliphatic heterocycles. The van der Waals surface area contributed by atoms with Crippen LogP contribution in [0.2, 0.25) is 0 Å². The number of aliphatic hydroxyl groups excluding tert-OH is 1. The quantitative estimate of drug-likeness (QED) is 0.625. The molecule has 0 aromatic heterocycles. The minimum Gasteiger partial charge on any atom is -0.493 e. The Morgan fingerprint density at radius 3 is 2.53 bits per heavy atom. The summed E-state index contributed by atoms with van der Waals surface area (Å²) in [5.41, 5.74) is 2.44. The van der Waals surface area contributed by atoms with E-state index in [9.17, 15) is 10.2 Å². The van der Waals surface area contributed by atoms with Crippen molar-refractivity contribution in [2.24, 2.45) is 5.92 Å². The lowest BCUT2D eigenvalue weighted by atomic mass is 9.76. The van der Waals surface area contributed by atoms with Gasteiger partial charge in [0.2, 0.25) is 0 Å². The first-order valence-corrected chi connectivity index (χ1v) is 13.3. The molecule has 0 bridgehead atoms. The number of hydrogen-bond donors (Lipinski definition) is 2. The summed E-state index contributed by atoms with van der Waals surface area (Å²) in [7, 11) is 0. The molecule has 0 amide bonds. The van der Waals surface area contributed by atoms with Crippen LogP contribution in [0, 0.1) is 5.92 Å². The Kier molecular flexibility index (Phi) is 7.55. The zero-order valence-corrected chi connectivity index (χ0v) is 20.4. The van der Waals surface area contributed by atoms with Crippen LogP contribution in [0.1, 0.15) is 48.8 Å². The van der Waals surface area contributed by atoms with Crippen molar-refractivity contribution in [2.45, 2.75) is 56.7 Å². The molecule has 0 spiro atoms. The summed E-state index contributed by atoms with van der Waals surface area (Å²) in [6, 6.07) is 16.5. The third kappa shape index (κ3) is 5.18. The monoisotopic (exact) mass is 464 g/mol. The predicted molar refractivity (Wildman–Crippen MR) is 135 cm³/mol. The van der Waals surface area contributed by atoms with E-state index in [0.29, 0.717) is 6.54 Å². The molecular weight excluding hydrogens is 424 g/mol. The van der Waals surface area contributed by atoms with Crippen LogP contribution < -0.4 is 4.74 Å². The normalized spacial score (nSPS) is 22.6. The summed E-state index contributed by atoms with van der Waals surface area (Å²) in [6.45, 7) is 6.41. The van der Waals surface area contributed by atoms with Gasteiger partial charge < -0.3 is 19.8 Å². The van der Waals surface area contributed by atoms with E-state index in [1.165, 1.54) is 11.1 Å². The molecular formula is C29H40N2O3. The van der Waals surface area contributed by atoms with Crippen molar-refractivity contribution < 1.29 is 14.9 Å². The van der Waals surface area contributed by atoms with Crippen LogP contribution in [0.4, 0.5) is 0 Å². The van der Waals surface area contributed by atoms with Gasteiger partial charge in [0.1, 0.15) is 11.4 Å². The molecule has 0 radical (unpaired) electrons. The second-order valence-electron chi connectivity index (χ2n) is 10.5. The van der Waals surface area contributed by atoms with Gasteiger partial charge in [0.25, 0.3) is 0 Å². The lowest BCUT2D eigenvalue weighted by molar-refractivity contribution is -0.128. The number of ether oxygens (including phenoxy) is 1. The van der Waals surface area contributed by atoms with E-state index in [2.05, 4.69) is 28.0 Å². The second kappa shape index (κ2) is 10.8. The van der Waals surface area contributed by atoms with E-state index >= 15 is 0 Å². The van der Waals surface area contributed by atoms with Crippen LogP contribution in [0.5, 0.6) is 5.75 Å². The number of hydrogen-bond acceptors (Lipinski definition) is 5. The zero-order valence-electron chi connectivity index (χ0n) is 20.4. The van der Waals surface area contributed by atoms with Crippen LogP contribution in [-0.4, -0.2) is 72.0 Å². The molecule has 34 heavy (non-hydrogen) atoms. The fourth-order valence-corrected chi connectivity index (χ4v) is 6.27. The maximum Gasteiger partial charge on any atom is 0.122 e. The highest BCUT2D eigenvalue weighted by molar-refractivity contribution is 5.39. The van der Waals surface area contributed by atoms with Crippen molar-refractivity contribution in [1.82, 2.24) is 9.80 Å². The SMILES string of the molecule is OC(CN1CCCN(CCc2ccc3c(c2)CCO3)CC1)C(O)(c1ccccc1)C1CCCC1. The Morgan fingerprint density at radius 1 is 0.941 bits per heavy atom. The van der Waals surface area contributed by atoms with Gasteiger partial charge in [-0.25, -0.2) is 0 Å². The Morgan fingerprint density at radius 2 is 1.71 bits per heavy atom. The van der Waals surface area contributed by atoms with E-state index < -0.39 is 11.7 Å². The first kappa shape index (κ1) is 23.8. The first-order valence-electron chi connectivity index (χ1n) is 13.3. The van der Waals surface area contributed by atoms with Gasteiger partial charge in [0.05, 0.1) is 12.7 Å². The van der Waals surface area contributed by atoms with E-state index in [1.807, 2.05) is 30.3 Å². The number of fused-ring (bicyclic) bond motifs is 1. The molecule has 5 heteroatoms.